The molecule has 0 saturated carbocycles. The van der Waals surface area contributed by atoms with Gasteiger partial charge in [-0.3, -0.25) is 14.9 Å². The molecule has 0 unspecified atom stereocenters. The normalized spacial score (nSPS) is 16.4. The van der Waals surface area contributed by atoms with Gasteiger partial charge in [0.25, 0.3) is 0 Å². The summed E-state index contributed by atoms with van der Waals surface area (Å²) >= 11 is 5.72. The Morgan fingerprint density at radius 3 is 2.40 bits per heavy atom. The zero-order valence-electron chi connectivity index (χ0n) is 9.62. The lowest BCUT2D eigenvalue weighted by molar-refractivity contribution is -0.137. The Morgan fingerprint density at radius 2 is 1.85 bits per heavy atom. The van der Waals surface area contributed by atoms with Gasteiger partial charge >= 0.3 is 12.2 Å². The van der Waals surface area contributed by atoms with Crippen LogP contribution in [0.5, 0.6) is 0 Å². The highest BCUT2D eigenvalue weighted by molar-refractivity contribution is 6.36. The molecule has 9 heteroatoms. The molecule has 1 aromatic carbocycles. The number of nitrogens with one attached hydrogen (secondary N) is 1. The first-order chi connectivity index (χ1) is 9.20. The molecule has 1 aliphatic rings. The molecule has 0 aromatic heterocycles. The molecule has 0 atom stereocenters. The summed E-state index contributed by atoms with van der Waals surface area (Å²) in [6.45, 7) is 0. The second-order valence-corrected chi connectivity index (χ2v) is 4.33. The maximum absolute atomic E-state index is 12.6. The smallest absolute Gasteiger partial charge is 0.277 e. The van der Waals surface area contributed by atoms with Crippen LogP contribution < -0.4 is 10.2 Å². The van der Waals surface area contributed by atoms with Crippen LogP contribution in [0.2, 0.25) is 5.02 Å². The highest BCUT2D eigenvalue weighted by Crippen LogP contribution is 2.36. The van der Waals surface area contributed by atoms with Gasteiger partial charge in [-0.1, -0.05) is 11.6 Å². The van der Waals surface area contributed by atoms with Gasteiger partial charge in [-0.25, -0.2) is 9.69 Å². The minimum atomic E-state index is -4.65. The van der Waals surface area contributed by atoms with Crippen molar-refractivity contribution in [2.75, 3.05) is 4.90 Å². The summed E-state index contributed by atoms with van der Waals surface area (Å²) in [5.41, 5.74) is -1.48. The molecule has 1 heterocycles. The van der Waals surface area contributed by atoms with Crippen LogP contribution in [-0.2, 0) is 15.8 Å². The predicted octanol–water partition coefficient (Wildman–Crippen LogP) is 2.33. The number of carbonyl (C=O) groups is 3. The van der Waals surface area contributed by atoms with Gasteiger partial charge in [-0.2, -0.15) is 13.2 Å². The van der Waals surface area contributed by atoms with Crippen LogP contribution in [0.3, 0.4) is 0 Å². The number of alkyl halides is 3. The maximum Gasteiger partial charge on any atom is 0.416 e. The van der Waals surface area contributed by atoms with Gasteiger partial charge in [0, 0.05) is 0 Å². The molecule has 4 amide bonds. The van der Waals surface area contributed by atoms with Crippen molar-refractivity contribution in [3.05, 3.63) is 28.8 Å². The van der Waals surface area contributed by atoms with E-state index in [4.69, 9.17) is 11.6 Å². The summed E-state index contributed by atoms with van der Waals surface area (Å²) in [5, 5.41) is 1.62. The number of hydrogen-bond donors (Lipinski definition) is 1. The topological polar surface area (TPSA) is 66.5 Å². The van der Waals surface area contributed by atoms with Gasteiger partial charge in [0.05, 0.1) is 16.3 Å². The fraction of sp³-hybridized carbons (Fsp3) is 0.182. The van der Waals surface area contributed by atoms with E-state index in [1.165, 1.54) is 0 Å². The molecule has 5 nitrogen and oxygen atoms in total. The van der Waals surface area contributed by atoms with Crippen molar-refractivity contribution in [1.82, 2.24) is 5.32 Å². The van der Waals surface area contributed by atoms with Crippen LogP contribution in [0.25, 0.3) is 0 Å². The number of amides is 4. The molecule has 1 aromatic rings. The monoisotopic (exact) mass is 306 g/mol. The fourth-order valence-corrected chi connectivity index (χ4v) is 1.86. The number of halogens is 4. The second kappa shape index (κ2) is 4.78. The molecule has 1 fully saturated rings. The third-order valence-electron chi connectivity index (χ3n) is 2.52. The SMILES string of the molecule is O=C1CC(=O)N(c2cc(C(F)(F)F)ccc2Cl)C(=O)N1. The van der Waals surface area contributed by atoms with Crippen LogP contribution in [-0.4, -0.2) is 17.8 Å². The highest BCUT2D eigenvalue weighted by atomic mass is 35.5. The van der Waals surface area contributed by atoms with Crippen molar-refractivity contribution in [1.29, 1.82) is 0 Å². The number of benzene rings is 1. The highest BCUT2D eigenvalue weighted by Gasteiger charge is 2.36. The van der Waals surface area contributed by atoms with Crippen LogP contribution in [0.4, 0.5) is 23.7 Å². The molecule has 20 heavy (non-hydrogen) atoms. The lowest BCUT2D eigenvalue weighted by Crippen LogP contribution is -2.53. The summed E-state index contributed by atoms with van der Waals surface area (Å²) in [4.78, 5) is 34.6. The molecule has 1 aliphatic heterocycles. The molecule has 0 spiro atoms. The number of nitrogens with zero attached hydrogens (tertiary/aromatic N) is 1. The van der Waals surface area contributed by atoms with Crippen molar-refractivity contribution >= 4 is 35.1 Å². The van der Waals surface area contributed by atoms with Crippen LogP contribution in [0.1, 0.15) is 12.0 Å². The summed E-state index contributed by atoms with van der Waals surface area (Å²) in [6, 6.07) is 1.10. The number of carbonyl (C=O) groups excluding carboxylic acids is 3. The molecular formula is C11H6ClF3N2O3. The Kier molecular flexibility index (Phi) is 3.43. The van der Waals surface area contributed by atoms with E-state index in [1.807, 2.05) is 5.32 Å². The van der Waals surface area contributed by atoms with Crippen molar-refractivity contribution in [3.63, 3.8) is 0 Å². The van der Waals surface area contributed by atoms with E-state index in [0.717, 1.165) is 12.1 Å². The number of barbiturate groups is 1. The zero-order chi connectivity index (χ0) is 15.1. The van der Waals surface area contributed by atoms with Gasteiger partial charge in [-0.05, 0) is 18.2 Å². The summed E-state index contributed by atoms with van der Waals surface area (Å²) in [5.74, 6) is -1.76. The van der Waals surface area contributed by atoms with E-state index in [0.29, 0.717) is 11.0 Å². The van der Waals surface area contributed by atoms with Crippen molar-refractivity contribution in [3.8, 4) is 0 Å². The van der Waals surface area contributed by atoms with Crippen molar-refractivity contribution in [2.24, 2.45) is 0 Å². The van der Waals surface area contributed by atoms with Crippen molar-refractivity contribution < 1.29 is 27.6 Å². The van der Waals surface area contributed by atoms with Crippen LogP contribution >= 0.6 is 11.6 Å². The number of rotatable bonds is 1. The molecule has 1 N–H and O–H groups in total. The molecule has 0 bridgehead atoms. The second-order valence-electron chi connectivity index (χ2n) is 3.92. The lowest BCUT2D eigenvalue weighted by Gasteiger charge is -2.26. The van der Waals surface area contributed by atoms with Crippen LogP contribution in [0.15, 0.2) is 18.2 Å². The molecular weight excluding hydrogens is 301 g/mol. The Bertz CT molecular complexity index is 595. The first-order valence-electron chi connectivity index (χ1n) is 5.23. The lowest BCUT2D eigenvalue weighted by atomic mass is 10.1. The molecule has 2 rings (SSSR count). The summed E-state index contributed by atoms with van der Waals surface area (Å²) in [6.07, 6.45) is -5.29. The molecule has 106 valence electrons. The predicted molar refractivity (Wildman–Crippen MR) is 62.1 cm³/mol. The van der Waals surface area contributed by atoms with Gasteiger partial charge in [0.2, 0.25) is 11.8 Å². The van der Waals surface area contributed by atoms with E-state index >= 15 is 0 Å². The van der Waals surface area contributed by atoms with Gasteiger partial charge in [-0.15, -0.1) is 0 Å². The Hall–Kier alpha value is -2.09. The van der Waals surface area contributed by atoms with E-state index in [9.17, 15) is 27.6 Å². The largest absolute Gasteiger partial charge is 0.416 e. The third-order valence-corrected chi connectivity index (χ3v) is 2.84. The van der Waals surface area contributed by atoms with Gasteiger partial charge in [0.15, 0.2) is 0 Å². The number of urea groups is 1. The van der Waals surface area contributed by atoms with Gasteiger partial charge < -0.3 is 0 Å². The van der Waals surface area contributed by atoms with Gasteiger partial charge in [0.1, 0.15) is 6.42 Å². The standard InChI is InChI=1S/C11H6ClF3N2O3/c12-6-2-1-5(11(13,14)15)3-7(6)17-9(19)4-8(18)16-10(17)20/h1-3H,4H2,(H,16,18,20). The van der Waals surface area contributed by atoms with Crippen LogP contribution in [0, 0.1) is 0 Å². The Morgan fingerprint density at radius 1 is 1.20 bits per heavy atom. The average molecular weight is 307 g/mol. The average Bonchev–Trinajstić information content (AvgIpc) is 2.28. The molecule has 0 aliphatic carbocycles. The third kappa shape index (κ3) is 2.60. The Labute approximate surface area is 115 Å². The van der Waals surface area contributed by atoms with E-state index in [1.54, 1.807) is 0 Å². The number of hydrogen-bond acceptors (Lipinski definition) is 3. The first-order valence-corrected chi connectivity index (χ1v) is 5.61. The van der Waals surface area contributed by atoms with E-state index in [-0.39, 0.29) is 5.02 Å². The zero-order valence-corrected chi connectivity index (χ0v) is 10.4. The van der Waals surface area contributed by atoms with E-state index < -0.39 is 41.7 Å². The fourth-order valence-electron chi connectivity index (χ4n) is 1.65. The summed E-state index contributed by atoms with van der Waals surface area (Å²) < 4.78 is 37.9. The number of anilines is 1. The minimum Gasteiger partial charge on any atom is -0.277 e. The minimum absolute atomic E-state index is 0.212. The maximum atomic E-state index is 12.6. The number of imide groups is 2. The molecule has 1 saturated heterocycles. The van der Waals surface area contributed by atoms with Crippen molar-refractivity contribution in [2.45, 2.75) is 12.6 Å². The quantitative estimate of drug-likeness (QED) is 0.810. The Balaban J connectivity index is 2.49. The molecule has 0 radical (unpaired) electrons. The first kappa shape index (κ1) is 14.3. The van der Waals surface area contributed by atoms with E-state index in [2.05, 4.69) is 0 Å². The summed E-state index contributed by atoms with van der Waals surface area (Å²) in [7, 11) is 0.